The summed E-state index contributed by atoms with van der Waals surface area (Å²) in [6, 6.07) is 15.1. The van der Waals surface area contributed by atoms with E-state index in [1.165, 1.54) is 0 Å². The van der Waals surface area contributed by atoms with Crippen LogP contribution in [0.2, 0.25) is 0 Å². The van der Waals surface area contributed by atoms with Gasteiger partial charge in [0.1, 0.15) is 12.4 Å². The zero-order valence-corrected chi connectivity index (χ0v) is 16.7. The predicted molar refractivity (Wildman–Crippen MR) is 110 cm³/mol. The minimum absolute atomic E-state index is 0.236. The molecule has 1 N–H and O–H groups in total. The molecular weight excluding hydrogens is 386 g/mol. The summed E-state index contributed by atoms with van der Waals surface area (Å²) in [6.07, 6.45) is -0.0774. The Morgan fingerprint density at radius 1 is 1.00 bits per heavy atom. The van der Waals surface area contributed by atoms with Crippen LogP contribution in [0, 0.1) is 0 Å². The number of hydrogen-bond donors (Lipinski definition) is 1. The molecule has 0 bridgehead atoms. The van der Waals surface area contributed by atoms with Gasteiger partial charge in [-0.1, -0.05) is 36.4 Å². The molecule has 1 aliphatic heterocycles. The molecule has 0 unspecified atom stereocenters. The average Bonchev–Trinajstić information content (AvgIpc) is 2.76. The zero-order valence-electron chi connectivity index (χ0n) is 16.7. The standard InChI is InChI=1S/C23H25NO6/c25-20(16-21(26)23(27)28)19-15-18(14-17-4-2-1-3-5-17)6-7-22(19)30-13-10-24-8-11-29-12-9-24/h1-7,15H,8-14,16H2,(H,27,28). The van der Waals surface area contributed by atoms with E-state index in [1.54, 1.807) is 12.1 Å². The van der Waals surface area contributed by atoms with Crippen LogP contribution >= 0.6 is 0 Å². The average molecular weight is 411 g/mol. The van der Waals surface area contributed by atoms with Gasteiger partial charge in [0.15, 0.2) is 5.78 Å². The molecule has 0 aliphatic carbocycles. The van der Waals surface area contributed by atoms with Crippen molar-refractivity contribution in [1.82, 2.24) is 4.90 Å². The highest BCUT2D eigenvalue weighted by molar-refractivity contribution is 6.37. The lowest BCUT2D eigenvalue weighted by atomic mass is 9.98. The van der Waals surface area contributed by atoms with Crippen molar-refractivity contribution in [3.05, 3.63) is 65.2 Å². The van der Waals surface area contributed by atoms with E-state index in [0.29, 0.717) is 38.5 Å². The first-order valence-corrected chi connectivity index (χ1v) is 9.92. The molecular formula is C23H25NO6. The van der Waals surface area contributed by atoms with Gasteiger partial charge in [-0.05, 0) is 29.7 Å². The molecule has 1 fully saturated rings. The molecule has 1 heterocycles. The van der Waals surface area contributed by atoms with Gasteiger partial charge in [0, 0.05) is 19.6 Å². The summed E-state index contributed by atoms with van der Waals surface area (Å²) in [7, 11) is 0. The summed E-state index contributed by atoms with van der Waals surface area (Å²) in [5.41, 5.74) is 2.20. The molecule has 30 heavy (non-hydrogen) atoms. The third kappa shape index (κ3) is 6.23. The number of ether oxygens (including phenoxy) is 2. The number of benzene rings is 2. The van der Waals surface area contributed by atoms with E-state index in [-0.39, 0.29) is 5.56 Å². The lowest BCUT2D eigenvalue weighted by molar-refractivity contribution is -0.148. The van der Waals surface area contributed by atoms with E-state index < -0.39 is 24.0 Å². The number of hydrogen-bond acceptors (Lipinski definition) is 6. The highest BCUT2D eigenvalue weighted by atomic mass is 16.5. The fraction of sp³-hybridized carbons (Fsp3) is 0.348. The topological polar surface area (TPSA) is 93.1 Å². The van der Waals surface area contributed by atoms with E-state index in [2.05, 4.69) is 4.90 Å². The number of morpholine rings is 1. The number of nitrogens with zero attached hydrogens (tertiary/aromatic N) is 1. The molecule has 0 atom stereocenters. The highest BCUT2D eigenvalue weighted by Gasteiger charge is 2.21. The Hall–Kier alpha value is -3.03. The molecule has 7 nitrogen and oxygen atoms in total. The van der Waals surface area contributed by atoms with E-state index >= 15 is 0 Å². The first kappa shape index (κ1) is 21.7. The minimum atomic E-state index is -1.61. The molecule has 1 aliphatic rings. The van der Waals surface area contributed by atoms with E-state index in [1.807, 2.05) is 36.4 Å². The number of carboxylic acids is 1. The third-order valence-corrected chi connectivity index (χ3v) is 4.92. The molecule has 7 heteroatoms. The van der Waals surface area contributed by atoms with Crippen molar-refractivity contribution in [3.8, 4) is 5.75 Å². The number of rotatable bonds is 10. The maximum atomic E-state index is 12.7. The predicted octanol–water partition coefficient (Wildman–Crippen LogP) is 2.21. The van der Waals surface area contributed by atoms with E-state index in [9.17, 15) is 14.4 Å². The normalized spacial score (nSPS) is 14.3. The Kier molecular flexibility index (Phi) is 7.70. The monoisotopic (exact) mass is 411 g/mol. The van der Waals surface area contributed by atoms with Crippen LogP contribution in [-0.4, -0.2) is 67.0 Å². The Labute approximate surface area is 175 Å². The summed E-state index contributed by atoms with van der Waals surface area (Å²) in [4.78, 5) is 37.3. The Morgan fingerprint density at radius 2 is 1.73 bits per heavy atom. The fourth-order valence-electron chi connectivity index (χ4n) is 3.29. The number of carbonyl (C=O) groups excluding carboxylic acids is 2. The first-order valence-electron chi connectivity index (χ1n) is 9.92. The summed E-state index contributed by atoms with van der Waals surface area (Å²) in [5.74, 6) is -2.94. The minimum Gasteiger partial charge on any atom is -0.491 e. The summed E-state index contributed by atoms with van der Waals surface area (Å²) in [6.45, 7) is 4.11. The van der Waals surface area contributed by atoms with Gasteiger partial charge < -0.3 is 14.6 Å². The van der Waals surface area contributed by atoms with Gasteiger partial charge in [0.05, 0.1) is 25.2 Å². The molecule has 0 saturated carbocycles. The lowest BCUT2D eigenvalue weighted by Gasteiger charge is -2.26. The smallest absolute Gasteiger partial charge is 0.372 e. The van der Waals surface area contributed by atoms with Crippen molar-refractivity contribution in [1.29, 1.82) is 0 Å². The molecule has 1 saturated heterocycles. The van der Waals surface area contributed by atoms with Crippen LogP contribution in [0.3, 0.4) is 0 Å². The maximum Gasteiger partial charge on any atom is 0.372 e. The molecule has 0 amide bonds. The Morgan fingerprint density at radius 3 is 2.43 bits per heavy atom. The van der Waals surface area contributed by atoms with Crippen LogP contribution in [0.25, 0.3) is 0 Å². The van der Waals surface area contributed by atoms with Crippen LogP contribution in [0.4, 0.5) is 0 Å². The van der Waals surface area contributed by atoms with Crippen LogP contribution in [0.15, 0.2) is 48.5 Å². The second-order valence-electron chi connectivity index (χ2n) is 7.12. The molecule has 2 aromatic carbocycles. The van der Waals surface area contributed by atoms with Gasteiger partial charge in [-0.2, -0.15) is 0 Å². The first-order chi connectivity index (χ1) is 14.5. The number of ketones is 2. The number of carboxylic acid groups (broad SMARTS) is 1. The molecule has 3 rings (SSSR count). The van der Waals surface area contributed by atoms with Crippen LogP contribution in [-0.2, 0) is 20.7 Å². The number of aliphatic carboxylic acids is 1. The van der Waals surface area contributed by atoms with Crippen LogP contribution in [0.1, 0.15) is 27.9 Å². The SMILES string of the molecule is O=C(O)C(=O)CC(=O)c1cc(Cc2ccccc2)ccc1OCCN1CCOCC1. The number of Topliss-reactive ketones (excluding diaryl/α,β-unsaturated/α-hetero) is 2. The molecule has 158 valence electrons. The van der Waals surface area contributed by atoms with Crippen molar-refractivity contribution in [2.75, 3.05) is 39.5 Å². The second-order valence-corrected chi connectivity index (χ2v) is 7.12. The van der Waals surface area contributed by atoms with Crippen molar-refractivity contribution >= 4 is 17.5 Å². The van der Waals surface area contributed by atoms with Crippen molar-refractivity contribution < 1.29 is 29.0 Å². The Balaban J connectivity index is 1.74. The van der Waals surface area contributed by atoms with Gasteiger partial charge in [0.25, 0.3) is 0 Å². The van der Waals surface area contributed by atoms with Gasteiger partial charge in [-0.25, -0.2) is 4.79 Å². The largest absolute Gasteiger partial charge is 0.491 e. The summed E-state index contributed by atoms with van der Waals surface area (Å²) < 4.78 is 11.2. The van der Waals surface area contributed by atoms with Crippen LogP contribution < -0.4 is 4.74 Å². The van der Waals surface area contributed by atoms with Gasteiger partial charge in [-0.3, -0.25) is 14.5 Å². The third-order valence-electron chi connectivity index (χ3n) is 4.92. The van der Waals surface area contributed by atoms with Crippen molar-refractivity contribution in [2.45, 2.75) is 12.8 Å². The highest BCUT2D eigenvalue weighted by Crippen LogP contribution is 2.24. The zero-order chi connectivity index (χ0) is 21.3. The quantitative estimate of drug-likeness (QED) is 0.364. The lowest BCUT2D eigenvalue weighted by Crippen LogP contribution is -2.38. The molecule has 0 aromatic heterocycles. The van der Waals surface area contributed by atoms with Crippen molar-refractivity contribution in [2.24, 2.45) is 0 Å². The maximum absolute atomic E-state index is 12.7. The molecule has 0 radical (unpaired) electrons. The summed E-state index contributed by atoms with van der Waals surface area (Å²) >= 11 is 0. The van der Waals surface area contributed by atoms with Gasteiger partial charge in [-0.15, -0.1) is 0 Å². The number of carbonyl (C=O) groups is 3. The van der Waals surface area contributed by atoms with Gasteiger partial charge in [0.2, 0.25) is 5.78 Å². The molecule has 0 spiro atoms. The second kappa shape index (κ2) is 10.7. The van der Waals surface area contributed by atoms with Gasteiger partial charge >= 0.3 is 5.97 Å². The summed E-state index contributed by atoms with van der Waals surface area (Å²) in [5, 5.41) is 8.83. The fourth-order valence-corrected chi connectivity index (χ4v) is 3.29. The van der Waals surface area contributed by atoms with Crippen LogP contribution in [0.5, 0.6) is 5.75 Å². The Bertz CT molecular complexity index is 890. The molecule has 2 aromatic rings. The van der Waals surface area contributed by atoms with Crippen molar-refractivity contribution in [3.63, 3.8) is 0 Å². The van der Waals surface area contributed by atoms with E-state index in [0.717, 1.165) is 24.2 Å². The van der Waals surface area contributed by atoms with E-state index in [4.69, 9.17) is 14.6 Å².